The number of nitrogens with zero attached hydrogens (tertiary/aromatic N) is 4. The van der Waals surface area contributed by atoms with Gasteiger partial charge in [-0.3, -0.25) is 14.5 Å². The number of fused-ring (bicyclic) bond motifs is 2. The molecule has 0 aromatic heterocycles. The van der Waals surface area contributed by atoms with Gasteiger partial charge in [0, 0.05) is 25.7 Å². The van der Waals surface area contributed by atoms with Crippen LogP contribution in [-0.2, 0) is 9.59 Å². The van der Waals surface area contributed by atoms with Crippen LogP contribution in [0.25, 0.3) is 0 Å². The summed E-state index contributed by atoms with van der Waals surface area (Å²) in [5, 5.41) is 9.25. The second-order valence-electron chi connectivity index (χ2n) is 9.36. The van der Waals surface area contributed by atoms with Gasteiger partial charge in [-0.05, 0) is 55.7 Å². The first kappa shape index (κ1) is 20.4. The summed E-state index contributed by atoms with van der Waals surface area (Å²) in [7, 11) is 0. The molecule has 2 bridgehead atoms. The highest BCUT2D eigenvalue weighted by Crippen LogP contribution is 2.49. The Labute approximate surface area is 181 Å². The zero-order valence-corrected chi connectivity index (χ0v) is 17.5. The average Bonchev–Trinajstić information content (AvgIpc) is 3.20. The van der Waals surface area contributed by atoms with Gasteiger partial charge in [0.05, 0.1) is 24.2 Å². The fraction of sp³-hybridized carbons (Fsp3) is 0.609. The predicted octanol–water partition coefficient (Wildman–Crippen LogP) is 1.40. The molecule has 0 spiro atoms. The molecular weight excluding hydrogens is 397 g/mol. The van der Waals surface area contributed by atoms with E-state index in [4.69, 9.17) is 5.73 Å². The van der Waals surface area contributed by atoms with E-state index in [-0.39, 0.29) is 41.8 Å². The van der Waals surface area contributed by atoms with Crippen LogP contribution in [0.4, 0.5) is 4.39 Å². The fourth-order valence-electron chi connectivity index (χ4n) is 5.70. The zero-order chi connectivity index (χ0) is 21.7. The standard InChI is InChI=1S/C23H28FN5O2/c24-16-7-5-15(6-8-16)21(14-3-4-14)29-18-10-20(23(29)31)27(12-18)13-19(26)22(30)28-9-1-2-17(28)11-25/h5-8,14,17-21H,1-4,9-10,12-13,26H2/t17-,18+,19-,20+,21-/m0/s1. The third kappa shape index (κ3) is 3.60. The summed E-state index contributed by atoms with van der Waals surface area (Å²) >= 11 is 0. The van der Waals surface area contributed by atoms with E-state index in [1.165, 1.54) is 12.1 Å². The maximum atomic E-state index is 13.4. The summed E-state index contributed by atoms with van der Waals surface area (Å²) in [6.07, 6.45) is 4.44. The van der Waals surface area contributed by atoms with Gasteiger partial charge in [-0.25, -0.2) is 4.39 Å². The monoisotopic (exact) mass is 425 g/mol. The van der Waals surface area contributed by atoms with Crippen molar-refractivity contribution in [3.05, 3.63) is 35.6 Å². The molecule has 1 saturated carbocycles. The third-order valence-electron chi connectivity index (χ3n) is 7.33. The molecule has 5 rings (SSSR count). The van der Waals surface area contributed by atoms with Gasteiger partial charge in [0.2, 0.25) is 11.8 Å². The number of piperazine rings is 1. The molecule has 5 atom stereocenters. The lowest BCUT2D eigenvalue weighted by atomic mass is 9.99. The van der Waals surface area contributed by atoms with Crippen LogP contribution in [0.5, 0.6) is 0 Å². The third-order valence-corrected chi connectivity index (χ3v) is 7.33. The van der Waals surface area contributed by atoms with Gasteiger partial charge in [0.15, 0.2) is 0 Å². The van der Waals surface area contributed by atoms with Gasteiger partial charge >= 0.3 is 0 Å². The molecule has 1 aliphatic carbocycles. The average molecular weight is 426 g/mol. The Kier molecular flexibility index (Phi) is 5.19. The first-order chi connectivity index (χ1) is 15.0. The van der Waals surface area contributed by atoms with E-state index in [9.17, 15) is 19.2 Å². The van der Waals surface area contributed by atoms with Crippen molar-refractivity contribution in [2.45, 2.75) is 62.3 Å². The number of amides is 2. The van der Waals surface area contributed by atoms with Crippen molar-refractivity contribution in [3.63, 3.8) is 0 Å². The molecule has 1 aromatic carbocycles. The van der Waals surface area contributed by atoms with E-state index in [0.29, 0.717) is 32.0 Å². The second-order valence-corrected chi connectivity index (χ2v) is 9.36. The minimum atomic E-state index is -0.731. The molecule has 2 amide bonds. The van der Waals surface area contributed by atoms with Gasteiger partial charge in [-0.1, -0.05) is 12.1 Å². The predicted molar refractivity (Wildman–Crippen MR) is 111 cm³/mol. The molecule has 31 heavy (non-hydrogen) atoms. The van der Waals surface area contributed by atoms with E-state index in [0.717, 1.165) is 31.2 Å². The molecule has 0 unspecified atom stereocenters. The lowest BCUT2D eigenvalue weighted by Crippen LogP contribution is -2.57. The first-order valence-electron chi connectivity index (χ1n) is 11.3. The molecule has 4 aliphatic rings. The summed E-state index contributed by atoms with van der Waals surface area (Å²) in [5.74, 6) is 0.0599. The molecule has 3 aliphatic heterocycles. The number of likely N-dealkylation sites (tertiary alicyclic amines) is 3. The van der Waals surface area contributed by atoms with Crippen LogP contribution < -0.4 is 5.73 Å². The SMILES string of the molecule is N#C[C@@H]1CCCN1C(=O)[C@@H](N)CN1C[C@H]2C[C@@H]1C(=O)N2[C@H](c1ccc(F)cc1)C1CC1. The van der Waals surface area contributed by atoms with E-state index < -0.39 is 6.04 Å². The van der Waals surface area contributed by atoms with Crippen molar-refractivity contribution in [1.29, 1.82) is 5.26 Å². The minimum Gasteiger partial charge on any atom is -0.330 e. The highest BCUT2D eigenvalue weighted by Gasteiger charge is 2.54. The fourth-order valence-corrected chi connectivity index (χ4v) is 5.70. The summed E-state index contributed by atoms with van der Waals surface area (Å²) < 4.78 is 13.4. The number of benzene rings is 1. The zero-order valence-electron chi connectivity index (χ0n) is 17.5. The van der Waals surface area contributed by atoms with Gasteiger partial charge in [0.25, 0.3) is 0 Å². The molecule has 2 N–H and O–H groups in total. The maximum absolute atomic E-state index is 13.4. The molecule has 3 saturated heterocycles. The van der Waals surface area contributed by atoms with Crippen LogP contribution >= 0.6 is 0 Å². The maximum Gasteiger partial charge on any atom is 0.241 e. The smallest absolute Gasteiger partial charge is 0.241 e. The summed E-state index contributed by atoms with van der Waals surface area (Å²) in [6.45, 7) is 1.60. The Morgan fingerprint density at radius 2 is 2.00 bits per heavy atom. The molecular formula is C23H28FN5O2. The second kappa shape index (κ2) is 7.88. The lowest BCUT2D eigenvalue weighted by molar-refractivity contribution is -0.141. The quantitative estimate of drug-likeness (QED) is 0.744. The highest BCUT2D eigenvalue weighted by atomic mass is 19.1. The number of nitriles is 1. The Bertz CT molecular complexity index is 912. The Hall–Kier alpha value is -2.50. The molecule has 164 valence electrons. The van der Waals surface area contributed by atoms with E-state index in [1.807, 2.05) is 9.80 Å². The molecule has 7 nitrogen and oxygen atoms in total. The van der Waals surface area contributed by atoms with Crippen molar-refractivity contribution < 1.29 is 14.0 Å². The largest absolute Gasteiger partial charge is 0.330 e. The van der Waals surface area contributed by atoms with Crippen LogP contribution in [0.1, 0.15) is 43.7 Å². The summed E-state index contributed by atoms with van der Waals surface area (Å²) in [6, 6.07) is 7.43. The summed E-state index contributed by atoms with van der Waals surface area (Å²) in [5.41, 5.74) is 7.23. The number of halogens is 1. The number of carbonyl (C=O) groups excluding carboxylic acids is 2. The Morgan fingerprint density at radius 3 is 2.65 bits per heavy atom. The van der Waals surface area contributed by atoms with Crippen molar-refractivity contribution in [2.24, 2.45) is 11.7 Å². The Balaban J connectivity index is 1.26. The molecule has 4 fully saturated rings. The van der Waals surface area contributed by atoms with E-state index >= 15 is 0 Å². The number of carbonyl (C=O) groups is 2. The normalized spacial score (nSPS) is 30.0. The first-order valence-corrected chi connectivity index (χ1v) is 11.3. The van der Waals surface area contributed by atoms with E-state index in [2.05, 4.69) is 6.07 Å². The van der Waals surface area contributed by atoms with Crippen molar-refractivity contribution in [1.82, 2.24) is 14.7 Å². The van der Waals surface area contributed by atoms with Crippen LogP contribution in [0.3, 0.4) is 0 Å². The number of rotatable bonds is 6. The number of hydrogen-bond acceptors (Lipinski definition) is 5. The lowest BCUT2D eigenvalue weighted by Gasteiger charge is -2.40. The molecule has 3 heterocycles. The Morgan fingerprint density at radius 1 is 1.26 bits per heavy atom. The van der Waals surface area contributed by atoms with Crippen LogP contribution in [-0.4, -0.2) is 70.3 Å². The van der Waals surface area contributed by atoms with Crippen molar-refractivity contribution in [3.8, 4) is 6.07 Å². The van der Waals surface area contributed by atoms with E-state index in [1.54, 1.807) is 17.0 Å². The highest BCUT2D eigenvalue weighted by molar-refractivity contribution is 5.87. The van der Waals surface area contributed by atoms with Crippen LogP contribution in [0.2, 0.25) is 0 Å². The number of nitrogens with two attached hydrogens (primary N) is 1. The van der Waals surface area contributed by atoms with Gasteiger partial charge in [0.1, 0.15) is 11.9 Å². The number of hydrogen-bond donors (Lipinski definition) is 1. The molecule has 1 aromatic rings. The van der Waals surface area contributed by atoms with Gasteiger partial charge in [-0.2, -0.15) is 5.26 Å². The van der Waals surface area contributed by atoms with Crippen molar-refractivity contribution >= 4 is 11.8 Å². The van der Waals surface area contributed by atoms with Gasteiger partial charge < -0.3 is 15.5 Å². The topological polar surface area (TPSA) is 93.7 Å². The molecule has 8 heteroatoms. The van der Waals surface area contributed by atoms with Gasteiger partial charge in [-0.15, -0.1) is 0 Å². The summed E-state index contributed by atoms with van der Waals surface area (Å²) in [4.78, 5) is 31.7. The van der Waals surface area contributed by atoms with Crippen LogP contribution in [0.15, 0.2) is 24.3 Å². The molecule has 0 radical (unpaired) electrons. The van der Waals surface area contributed by atoms with Crippen molar-refractivity contribution in [2.75, 3.05) is 19.6 Å². The minimum absolute atomic E-state index is 0.00143. The van der Waals surface area contributed by atoms with Crippen LogP contribution in [0, 0.1) is 23.1 Å².